The number of halogens is 4. The van der Waals surface area contributed by atoms with Gasteiger partial charge in [0.25, 0.3) is 0 Å². The number of nitrogens with zero attached hydrogens (tertiary/aromatic N) is 1. The van der Waals surface area contributed by atoms with Crippen molar-refractivity contribution < 1.29 is 27.2 Å². The lowest BCUT2D eigenvalue weighted by Crippen LogP contribution is -2.40. The lowest BCUT2D eigenvalue weighted by molar-refractivity contribution is -0.138. The number of anilines is 1. The Labute approximate surface area is 217 Å². The van der Waals surface area contributed by atoms with Crippen LogP contribution in [0.5, 0.6) is 0 Å². The molecule has 1 aliphatic heterocycles. The van der Waals surface area contributed by atoms with Crippen molar-refractivity contribution in [2.45, 2.75) is 37.8 Å². The molecule has 1 heterocycles. The van der Waals surface area contributed by atoms with Crippen LogP contribution in [0.3, 0.4) is 0 Å². The third-order valence-electron chi connectivity index (χ3n) is 7.18. The van der Waals surface area contributed by atoms with E-state index in [0.717, 1.165) is 11.6 Å². The Morgan fingerprint density at radius 1 is 0.921 bits per heavy atom. The number of nitrogens with one attached hydrogen (secondary N) is 1. The molecule has 0 spiro atoms. The normalized spacial score (nSPS) is 21.6. The molecule has 38 heavy (non-hydrogen) atoms. The van der Waals surface area contributed by atoms with Crippen molar-refractivity contribution in [1.82, 2.24) is 0 Å². The van der Waals surface area contributed by atoms with Crippen LogP contribution >= 0.6 is 0 Å². The smallest absolute Gasteiger partial charge is 0.323 e. The highest BCUT2D eigenvalue weighted by Crippen LogP contribution is 2.49. The largest absolute Gasteiger partial charge is 0.416 e. The quantitative estimate of drug-likeness (QED) is 0.375. The van der Waals surface area contributed by atoms with Crippen molar-refractivity contribution in [3.05, 3.63) is 113 Å². The maximum absolute atomic E-state index is 14.3. The summed E-state index contributed by atoms with van der Waals surface area (Å²) in [6.45, 7) is 1.56. The fourth-order valence-corrected chi connectivity index (χ4v) is 5.50. The summed E-state index contributed by atoms with van der Waals surface area (Å²) in [6.07, 6.45) is -4.27. The van der Waals surface area contributed by atoms with Crippen LogP contribution in [-0.4, -0.2) is 17.4 Å². The molecular formula is C30H24F4N2O2. The summed E-state index contributed by atoms with van der Waals surface area (Å²) in [5.74, 6) is -4.41. The summed E-state index contributed by atoms with van der Waals surface area (Å²) in [4.78, 5) is 31.8. The molecule has 1 N–H and O–H groups in total. The Morgan fingerprint density at radius 3 is 2.29 bits per heavy atom. The van der Waals surface area contributed by atoms with E-state index in [2.05, 4.69) is 10.3 Å². The zero-order valence-electron chi connectivity index (χ0n) is 20.4. The maximum atomic E-state index is 14.3. The van der Waals surface area contributed by atoms with Gasteiger partial charge < -0.3 is 5.32 Å². The molecule has 1 unspecified atom stereocenters. The van der Waals surface area contributed by atoms with Gasteiger partial charge in [0.2, 0.25) is 5.91 Å². The number of carbonyl (C=O) groups is 2. The minimum absolute atomic E-state index is 0.0871. The number of para-hydroxylation sites is 1. The van der Waals surface area contributed by atoms with Gasteiger partial charge in [-0.2, -0.15) is 13.2 Å². The van der Waals surface area contributed by atoms with Crippen molar-refractivity contribution >= 4 is 23.1 Å². The summed E-state index contributed by atoms with van der Waals surface area (Å²) in [5.41, 5.74) is 0.507. The van der Waals surface area contributed by atoms with Crippen LogP contribution in [0.25, 0.3) is 0 Å². The first kappa shape index (κ1) is 25.6. The maximum Gasteiger partial charge on any atom is 0.416 e. The molecule has 0 saturated heterocycles. The molecule has 4 nitrogen and oxygen atoms in total. The second-order valence-electron chi connectivity index (χ2n) is 9.56. The van der Waals surface area contributed by atoms with E-state index in [4.69, 9.17) is 0 Å². The predicted octanol–water partition coefficient (Wildman–Crippen LogP) is 7.06. The second-order valence-corrected chi connectivity index (χ2v) is 9.56. The van der Waals surface area contributed by atoms with Gasteiger partial charge in [0, 0.05) is 29.3 Å². The minimum atomic E-state index is -4.71. The zero-order chi connectivity index (χ0) is 27.0. The van der Waals surface area contributed by atoms with Gasteiger partial charge in [-0.15, -0.1) is 0 Å². The van der Waals surface area contributed by atoms with Crippen LogP contribution in [0.2, 0.25) is 0 Å². The topological polar surface area (TPSA) is 58.5 Å². The Bertz CT molecular complexity index is 1460. The zero-order valence-corrected chi connectivity index (χ0v) is 20.4. The molecule has 2 aliphatic rings. The summed E-state index contributed by atoms with van der Waals surface area (Å²) in [7, 11) is 0. The van der Waals surface area contributed by atoms with Crippen molar-refractivity contribution in [1.29, 1.82) is 0 Å². The molecule has 1 aliphatic carbocycles. The van der Waals surface area contributed by atoms with E-state index in [1.165, 1.54) is 42.5 Å². The van der Waals surface area contributed by atoms with Gasteiger partial charge in [-0.1, -0.05) is 60.7 Å². The lowest BCUT2D eigenvalue weighted by atomic mass is 9.68. The molecule has 0 radical (unpaired) electrons. The summed E-state index contributed by atoms with van der Waals surface area (Å²) in [6, 6.07) is 19.9. The fourth-order valence-electron chi connectivity index (χ4n) is 5.50. The molecule has 0 fully saturated rings. The first-order chi connectivity index (χ1) is 18.1. The highest BCUT2D eigenvalue weighted by Gasteiger charge is 2.47. The number of alkyl halides is 3. The van der Waals surface area contributed by atoms with Crippen LogP contribution < -0.4 is 5.32 Å². The van der Waals surface area contributed by atoms with Gasteiger partial charge in [0.05, 0.1) is 17.2 Å². The summed E-state index contributed by atoms with van der Waals surface area (Å²) in [5, 5.41) is 2.50. The number of amides is 1. The number of rotatable bonds is 4. The Hall–Kier alpha value is -4.07. The Kier molecular flexibility index (Phi) is 6.73. The van der Waals surface area contributed by atoms with E-state index in [-0.39, 0.29) is 40.7 Å². The molecular weight excluding hydrogens is 496 g/mol. The highest BCUT2D eigenvalue weighted by molar-refractivity contribution is 6.13. The molecule has 8 heteroatoms. The number of carbonyl (C=O) groups excluding carboxylic acids is 2. The number of hydrogen-bond donors (Lipinski definition) is 1. The van der Waals surface area contributed by atoms with E-state index in [1.54, 1.807) is 6.92 Å². The number of allylic oxidation sites excluding steroid dienone is 2. The molecule has 3 aromatic rings. The molecule has 0 saturated carbocycles. The van der Waals surface area contributed by atoms with Gasteiger partial charge in [-0.3, -0.25) is 14.6 Å². The third-order valence-corrected chi connectivity index (χ3v) is 7.18. The Balaban J connectivity index is 1.64. The summed E-state index contributed by atoms with van der Waals surface area (Å²) >= 11 is 0. The first-order valence-electron chi connectivity index (χ1n) is 12.2. The number of benzene rings is 3. The van der Waals surface area contributed by atoms with Crippen LogP contribution in [0.4, 0.5) is 23.2 Å². The highest BCUT2D eigenvalue weighted by atomic mass is 19.4. The van der Waals surface area contributed by atoms with E-state index < -0.39 is 35.3 Å². The van der Waals surface area contributed by atoms with Crippen LogP contribution in [0, 0.1) is 11.7 Å². The molecule has 3 atom stereocenters. The Morgan fingerprint density at radius 2 is 1.58 bits per heavy atom. The van der Waals surface area contributed by atoms with Crippen LogP contribution in [0.15, 0.2) is 95.1 Å². The van der Waals surface area contributed by atoms with E-state index >= 15 is 0 Å². The monoisotopic (exact) mass is 520 g/mol. The molecule has 5 rings (SSSR count). The minimum Gasteiger partial charge on any atom is -0.323 e. The standard InChI is InChI=1S/C30H24F4N2O2/c1-17-26(29(38)36-23-14-8-7-13-22(23)31)27(20-11-5-6-12-21(20)30(32,33)34)28-24(35-17)15-19(16-25(28)37)18-9-3-2-4-10-18/h2-14,19,26-27H,15-16H2,1H3,(H,36,38)/t19-,26?,27+/m1/s1. The molecule has 0 bridgehead atoms. The van der Waals surface area contributed by atoms with Crippen molar-refractivity contribution in [3.8, 4) is 0 Å². The van der Waals surface area contributed by atoms with Crippen LogP contribution in [0.1, 0.15) is 48.3 Å². The van der Waals surface area contributed by atoms with Crippen molar-refractivity contribution in [3.63, 3.8) is 0 Å². The predicted molar refractivity (Wildman–Crippen MR) is 136 cm³/mol. The fraction of sp³-hybridized carbons (Fsp3) is 0.233. The number of aliphatic imine (C=N–C) groups is 1. The van der Waals surface area contributed by atoms with Crippen molar-refractivity contribution in [2.75, 3.05) is 5.32 Å². The number of ketones is 1. The molecule has 1 amide bonds. The second kappa shape index (κ2) is 10.0. The first-order valence-corrected chi connectivity index (χ1v) is 12.2. The SMILES string of the molecule is CC1=NC2=C(C(=O)C[C@H](c3ccccc3)C2)[C@@H](c2ccccc2C(F)(F)F)C1C(=O)Nc1ccccc1F. The molecule has 0 aromatic heterocycles. The molecule has 3 aromatic carbocycles. The van der Waals surface area contributed by atoms with E-state index in [0.29, 0.717) is 12.1 Å². The van der Waals surface area contributed by atoms with Gasteiger partial charge in [0.1, 0.15) is 5.82 Å². The average molecular weight is 521 g/mol. The van der Waals surface area contributed by atoms with Gasteiger partial charge >= 0.3 is 6.18 Å². The molecule has 194 valence electrons. The lowest BCUT2D eigenvalue weighted by Gasteiger charge is -2.37. The summed E-state index contributed by atoms with van der Waals surface area (Å²) < 4.78 is 56.8. The van der Waals surface area contributed by atoms with E-state index in [1.807, 2.05) is 30.3 Å². The van der Waals surface area contributed by atoms with Gasteiger partial charge in [-0.05, 0) is 48.6 Å². The van der Waals surface area contributed by atoms with Crippen LogP contribution in [-0.2, 0) is 15.8 Å². The number of hydrogen-bond acceptors (Lipinski definition) is 3. The average Bonchev–Trinajstić information content (AvgIpc) is 2.89. The van der Waals surface area contributed by atoms with Gasteiger partial charge in [-0.25, -0.2) is 4.39 Å². The number of Topliss-reactive ketones (excluding diaryl/α,β-unsaturated/α-hetero) is 1. The van der Waals surface area contributed by atoms with Crippen molar-refractivity contribution in [2.24, 2.45) is 10.9 Å². The van der Waals surface area contributed by atoms with E-state index in [9.17, 15) is 27.2 Å². The van der Waals surface area contributed by atoms with Gasteiger partial charge in [0.15, 0.2) is 5.78 Å². The third kappa shape index (κ3) is 4.78.